The SMILES string of the molecule is C=C(C)C(=O)OCCCc1cc(-c2ccc(-c3ccc(C)cc3)cc2C)cc(CCCOC(=O)C(=C)C)c1OCCCO. The molecule has 6 heteroatoms. The highest BCUT2D eigenvalue weighted by Gasteiger charge is 2.16. The zero-order valence-corrected chi connectivity index (χ0v) is 26.0. The quantitative estimate of drug-likeness (QED) is 0.107. The highest BCUT2D eigenvalue weighted by atomic mass is 16.5. The van der Waals surface area contributed by atoms with Crippen LogP contribution in [0.5, 0.6) is 5.75 Å². The maximum Gasteiger partial charge on any atom is 0.333 e. The maximum atomic E-state index is 11.9. The Morgan fingerprint density at radius 1 is 0.698 bits per heavy atom. The minimum Gasteiger partial charge on any atom is -0.493 e. The minimum absolute atomic E-state index is 0.0307. The summed E-state index contributed by atoms with van der Waals surface area (Å²) in [6.45, 7) is 15.7. The fraction of sp³-hybridized carbons (Fsp3) is 0.351. The number of hydrogen-bond donors (Lipinski definition) is 1. The Kier molecular flexibility index (Phi) is 12.8. The lowest BCUT2D eigenvalue weighted by atomic mass is 9.91. The van der Waals surface area contributed by atoms with Crippen molar-refractivity contribution in [2.24, 2.45) is 0 Å². The number of carbonyl (C=O) groups excluding carboxylic acids is 2. The molecule has 0 atom stereocenters. The number of ether oxygens (including phenoxy) is 3. The lowest BCUT2D eigenvalue weighted by Gasteiger charge is -2.20. The molecule has 0 heterocycles. The first-order valence-corrected chi connectivity index (χ1v) is 14.8. The summed E-state index contributed by atoms with van der Waals surface area (Å²) in [5.41, 5.74) is 9.61. The monoisotopic (exact) mass is 584 g/mol. The largest absolute Gasteiger partial charge is 0.493 e. The Balaban J connectivity index is 1.97. The molecule has 0 radical (unpaired) electrons. The van der Waals surface area contributed by atoms with Crippen molar-refractivity contribution in [3.05, 3.63) is 101 Å². The summed E-state index contributed by atoms with van der Waals surface area (Å²) in [5, 5.41) is 9.37. The van der Waals surface area contributed by atoms with E-state index in [0.717, 1.165) is 39.1 Å². The molecule has 0 aliphatic rings. The number of hydrogen-bond acceptors (Lipinski definition) is 6. The van der Waals surface area contributed by atoms with Gasteiger partial charge in [-0.1, -0.05) is 61.2 Å². The van der Waals surface area contributed by atoms with Gasteiger partial charge in [0.25, 0.3) is 0 Å². The van der Waals surface area contributed by atoms with Crippen molar-refractivity contribution < 1.29 is 28.9 Å². The van der Waals surface area contributed by atoms with Crippen molar-refractivity contribution in [3.63, 3.8) is 0 Å². The predicted octanol–water partition coefficient (Wildman–Crippen LogP) is 7.50. The molecule has 3 aromatic rings. The summed E-state index contributed by atoms with van der Waals surface area (Å²) in [5.74, 6) is -0.0338. The van der Waals surface area contributed by atoms with E-state index in [2.05, 4.69) is 81.6 Å². The molecule has 0 fully saturated rings. The van der Waals surface area contributed by atoms with Gasteiger partial charge < -0.3 is 19.3 Å². The third-order valence-corrected chi connectivity index (χ3v) is 7.06. The molecule has 3 rings (SSSR count). The lowest BCUT2D eigenvalue weighted by Crippen LogP contribution is -2.10. The molecule has 0 saturated carbocycles. The second kappa shape index (κ2) is 16.5. The molecule has 0 spiro atoms. The van der Waals surface area contributed by atoms with Crippen LogP contribution in [-0.4, -0.2) is 43.5 Å². The molecular formula is C37H44O6. The Morgan fingerprint density at radius 3 is 1.72 bits per heavy atom. The Morgan fingerprint density at radius 2 is 1.23 bits per heavy atom. The van der Waals surface area contributed by atoms with Gasteiger partial charge in [0.15, 0.2) is 0 Å². The minimum atomic E-state index is -0.401. The number of benzene rings is 3. The molecule has 1 N–H and O–H groups in total. The number of rotatable bonds is 16. The van der Waals surface area contributed by atoms with Crippen LogP contribution in [0.2, 0.25) is 0 Å². The summed E-state index contributed by atoms with van der Waals surface area (Å²) in [6.07, 6.45) is 2.99. The van der Waals surface area contributed by atoms with Gasteiger partial charge >= 0.3 is 11.9 Å². The van der Waals surface area contributed by atoms with Crippen LogP contribution in [0.15, 0.2) is 78.9 Å². The molecule has 0 saturated heterocycles. The zero-order valence-electron chi connectivity index (χ0n) is 26.0. The number of aliphatic hydroxyl groups excluding tert-OH is 1. The molecule has 0 aliphatic heterocycles. The number of esters is 2. The van der Waals surface area contributed by atoms with Crippen molar-refractivity contribution in [1.29, 1.82) is 0 Å². The first-order valence-electron chi connectivity index (χ1n) is 14.8. The topological polar surface area (TPSA) is 82.1 Å². The fourth-order valence-electron chi connectivity index (χ4n) is 4.72. The second-order valence-electron chi connectivity index (χ2n) is 11.0. The van der Waals surface area contributed by atoms with E-state index >= 15 is 0 Å². The van der Waals surface area contributed by atoms with Crippen molar-refractivity contribution in [3.8, 4) is 28.0 Å². The van der Waals surface area contributed by atoms with E-state index in [9.17, 15) is 14.7 Å². The summed E-state index contributed by atoms with van der Waals surface area (Å²) in [7, 11) is 0. The fourth-order valence-corrected chi connectivity index (χ4v) is 4.72. The van der Waals surface area contributed by atoms with Crippen molar-refractivity contribution in [2.45, 2.75) is 59.8 Å². The lowest BCUT2D eigenvalue weighted by molar-refractivity contribution is -0.139. The highest BCUT2D eigenvalue weighted by molar-refractivity contribution is 5.87. The van der Waals surface area contributed by atoms with Crippen LogP contribution < -0.4 is 4.74 Å². The van der Waals surface area contributed by atoms with E-state index in [1.54, 1.807) is 13.8 Å². The molecule has 43 heavy (non-hydrogen) atoms. The molecule has 0 aliphatic carbocycles. The predicted molar refractivity (Wildman–Crippen MR) is 172 cm³/mol. The molecule has 228 valence electrons. The van der Waals surface area contributed by atoms with Gasteiger partial charge in [0.2, 0.25) is 0 Å². The van der Waals surface area contributed by atoms with Gasteiger partial charge in [-0.2, -0.15) is 0 Å². The van der Waals surface area contributed by atoms with Gasteiger partial charge in [0.1, 0.15) is 5.75 Å². The molecular weight excluding hydrogens is 540 g/mol. The zero-order chi connectivity index (χ0) is 31.4. The maximum absolute atomic E-state index is 11.9. The first kappa shape index (κ1) is 33.3. The third kappa shape index (κ3) is 9.97. The Hall–Kier alpha value is -4.16. The van der Waals surface area contributed by atoms with Crippen LogP contribution in [-0.2, 0) is 31.9 Å². The van der Waals surface area contributed by atoms with Crippen molar-refractivity contribution in [1.82, 2.24) is 0 Å². The number of carbonyl (C=O) groups is 2. The number of aryl methyl sites for hydroxylation is 4. The Bertz CT molecular complexity index is 1380. The smallest absolute Gasteiger partial charge is 0.333 e. The normalized spacial score (nSPS) is 10.7. The molecule has 0 bridgehead atoms. The molecule has 3 aromatic carbocycles. The number of aliphatic hydroxyl groups is 1. The van der Waals surface area contributed by atoms with Crippen LogP contribution in [0.4, 0.5) is 0 Å². The van der Waals surface area contributed by atoms with Crippen LogP contribution >= 0.6 is 0 Å². The van der Waals surface area contributed by atoms with Gasteiger partial charge in [-0.05, 0) is 104 Å². The van der Waals surface area contributed by atoms with Gasteiger partial charge in [-0.25, -0.2) is 9.59 Å². The first-order chi connectivity index (χ1) is 20.6. The van der Waals surface area contributed by atoms with Gasteiger partial charge in [-0.3, -0.25) is 0 Å². The Labute approximate surface area is 256 Å². The van der Waals surface area contributed by atoms with Crippen molar-refractivity contribution >= 4 is 11.9 Å². The van der Waals surface area contributed by atoms with Crippen LogP contribution in [0.3, 0.4) is 0 Å². The average Bonchev–Trinajstić information content (AvgIpc) is 2.98. The van der Waals surface area contributed by atoms with Crippen LogP contribution in [0.1, 0.15) is 55.4 Å². The third-order valence-electron chi connectivity index (χ3n) is 7.06. The summed E-state index contributed by atoms with van der Waals surface area (Å²) in [6, 6.07) is 19.3. The van der Waals surface area contributed by atoms with E-state index < -0.39 is 11.9 Å². The van der Waals surface area contributed by atoms with Gasteiger partial charge in [0.05, 0.1) is 19.8 Å². The van der Waals surface area contributed by atoms with Crippen molar-refractivity contribution in [2.75, 3.05) is 26.4 Å². The molecule has 0 amide bonds. The summed E-state index contributed by atoms with van der Waals surface area (Å²) >= 11 is 0. The van der Waals surface area contributed by atoms with E-state index in [1.807, 2.05) is 0 Å². The van der Waals surface area contributed by atoms with Crippen LogP contribution in [0.25, 0.3) is 22.3 Å². The average molecular weight is 585 g/mol. The molecule has 0 aromatic heterocycles. The van der Waals surface area contributed by atoms with Crippen LogP contribution in [0, 0.1) is 13.8 Å². The molecule has 6 nitrogen and oxygen atoms in total. The summed E-state index contributed by atoms with van der Waals surface area (Å²) < 4.78 is 16.9. The standard InChI is InChI=1S/C37H44O6/c1-25(2)36(39)42-19-7-10-31-23-33(34-17-16-30(22-28(34)6)29-14-12-27(5)13-15-29)24-32(35(31)41-21-9-18-38)11-8-20-43-37(40)26(3)4/h12-17,22-24,38H,1,3,7-11,18-21H2,2,4-6H3. The highest BCUT2D eigenvalue weighted by Crippen LogP contribution is 2.36. The molecule has 0 unspecified atom stereocenters. The van der Waals surface area contributed by atoms with E-state index in [4.69, 9.17) is 14.2 Å². The van der Waals surface area contributed by atoms with E-state index in [-0.39, 0.29) is 19.8 Å². The second-order valence-corrected chi connectivity index (χ2v) is 11.0. The van der Waals surface area contributed by atoms with E-state index in [0.29, 0.717) is 49.9 Å². The van der Waals surface area contributed by atoms with Gasteiger partial charge in [-0.15, -0.1) is 0 Å². The van der Waals surface area contributed by atoms with E-state index in [1.165, 1.54) is 11.1 Å². The van der Waals surface area contributed by atoms with Gasteiger partial charge in [0, 0.05) is 24.2 Å². The summed E-state index contributed by atoms with van der Waals surface area (Å²) in [4.78, 5) is 23.8.